The maximum Gasteiger partial charge on any atom is 0.220 e. The van der Waals surface area contributed by atoms with Crippen molar-refractivity contribution in [3.05, 3.63) is 18.2 Å². The highest BCUT2D eigenvalue weighted by atomic mass is 16.3. The van der Waals surface area contributed by atoms with Gasteiger partial charge in [0.05, 0.1) is 24.6 Å². The van der Waals surface area contributed by atoms with E-state index >= 15 is 0 Å². The number of hydrogen-bond donors (Lipinski definition) is 5. The van der Waals surface area contributed by atoms with E-state index in [1.807, 2.05) is 0 Å². The molecule has 5 N–H and O–H groups in total. The number of amides is 1. The highest BCUT2D eigenvalue weighted by Crippen LogP contribution is 2.68. The second-order valence-corrected chi connectivity index (χ2v) is 13.2. The molecule has 36 heavy (non-hydrogen) atoms. The predicted octanol–water partition coefficient (Wildman–Crippen LogP) is 3.45. The van der Waals surface area contributed by atoms with E-state index in [9.17, 15) is 20.1 Å². The average Bonchev–Trinajstić information content (AvgIpc) is 3.48. The van der Waals surface area contributed by atoms with Crippen molar-refractivity contribution in [2.45, 2.75) is 103 Å². The van der Waals surface area contributed by atoms with Gasteiger partial charge in [-0.05, 0) is 97.7 Å². The predicted molar refractivity (Wildman–Crippen MR) is 138 cm³/mol. The van der Waals surface area contributed by atoms with Crippen molar-refractivity contribution in [1.82, 2.24) is 15.3 Å². The minimum atomic E-state index is -0.378. The van der Waals surface area contributed by atoms with Gasteiger partial charge in [0, 0.05) is 31.3 Å². The van der Waals surface area contributed by atoms with Crippen molar-refractivity contribution in [1.29, 1.82) is 0 Å². The number of aromatic nitrogens is 2. The van der Waals surface area contributed by atoms with E-state index in [0.29, 0.717) is 42.6 Å². The van der Waals surface area contributed by atoms with Crippen molar-refractivity contribution in [2.24, 2.45) is 46.3 Å². The Balaban J connectivity index is 1.22. The lowest BCUT2D eigenvalue weighted by atomic mass is 9.43. The van der Waals surface area contributed by atoms with Crippen molar-refractivity contribution in [3.8, 4) is 0 Å². The topological polar surface area (TPSA) is 118 Å². The van der Waals surface area contributed by atoms with Gasteiger partial charge < -0.3 is 25.6 Å². The van der Waals surface area contributed by atoms with Crippen LogP contribution in [0.5, 0.6) is 0 Å². The third-order valence-corrected chi connectivity index (χ3v) is 11.6. The molecule has 1 amide bonds. The largest absolute Gasteiger partial charge is 0.393 e. The van der Waals surface area contributed by atoms with Crippen LogP contribution in [-0.2, 0) is 11.2 Å². The van der Waals surface area contributed by atoms with Gasteiger partial charge >= 0.3 is 0 Å². The van der Waals surface area contributed by atoms with Gasteiger partial charge in [0.25, 0.3) is 0 Å². The number of imidazole rings is 1. The number of nitrogens with zero attached hydrogens (tertiary/aromatic N) is 1. The SMILES string of the molecule is C[C@H](CCC(=O)NCCc1cnc[nH]1)[C@H]1CC[C@H]2[C@@H]3[C@H](O)C[C@@H]4C[C@H](O)CC[C@]4(C)[C@H]3C[C@H](O)[C@]12C. The Hall–Kier alpha value is -1.44. The normalized spacial score (nSPS) is 44.8. The summed E-state index contributed by atoms with van der Waals surface area (Å²) in [6.07, 6.45) is 10.9. The van der Waals surface area contributed by atoms with Crippen LogP contribution in [0.25, 0.3) is 0 Å². The number of carbonyl (C=O) groups is 1. The molecule has 4 aliphatic carbocycles. The first kappa shape index (κ1) is 26.2. The lowest BCUT2D eigenvalue weighted by Gasteiger charge is -2.63. The van der Waals surface area contributed by atoms with E-state index in [1.165, 1.54) is 0 Å². The summed E-state index contributed by atoms with van der Waals surface area (Å²) in [6, 6.07) is 0. The Labute approximate surface area is 215 Å². The van der Waals surface area contributed by atoms with Gasteiger partial charge in [0.15, 0.2) is 0 Å². The molecular weight excluding hydrogens is 454 g/mol. The highest BCUT2D eigenvalue weighted by Gasteiger charge is 2.65. The van der Waals surface area contributed by atoms with Gasteiger partial charge in [0.1, 0.15) is 0 Å². The van der Waals surface area contributed by atoms with E-state index in [-0.39, 0.29) is 41.0 Å². The first-order valence-electron chi connectivity index (χ1n) is 14.4. The Bertz CT molecular complexity index is 908. The van der Waals surface area contributed by atoms with E-state index in [4.69, 9.17) is 0 Å². The van der Waals surface area contributed by atoms with Crippen LogP contribution < -0.4 is 5.32 Å². The van der Waals surface area contributed by atoms with Crippen molar-refractivity contribution >= 4 is 5.91 Å². The number of hydrogen-bond acceptors (Lipinski definition) is 5. The van der Waals surface area contributed by atoms with Crippen LogP contribution in [0.1, 0.15) is 84.3 Å². The molecule has 202 valence electrons. The quantitative estimate of drug-likeness (QED) is 0.392. The lowest BCUT2D eigenvalue weighted by Crippen LogP contribution is -2.62. The van der Waals surface area contributed by atoms with Crippen LogP contribution in [0.3, 0.4) is 0 Å². The zero-order valence-electron chi connectivity index (χ0n) is 22.3. The zero-order chi connectivity index (χ0) is 25.7. The Morgan fingerprint density at radius 3 is 2.72 bits per heavy atom. The molecule has 7 nitrogen and oxygen atoms in total. The molecule has 0 unspecified atom stereocenters. The second-order valence-electron chi connectivity index (χ2n) is 13.2. The Morgan fingerprint density at radius 1 is 1.17 bits per heavy atom. The van der Waals surface area contributed by atoms with Gasteiger partial charge in [-0.1, -0.05) is 20.8 Å². The van der Waals surface area contributed by atoms with E-state index in [2.05, 4.69) is 36.1 Å². The Kier molecular flexibility index (Phi) is 7.29. The van der Waals surface area contributed by atoms with Crippen molar-refractivity contribution in [2.75, 3.05) is 6.54 Å². The van der Waals surface area contributed by atoms with E-state index in [0.717, 1.165) is 63.5 Å². The smallest absolute Gasteiger partial charge is 0.220 e. The first-order valence-corrected chi connectivity index (χ1v) is 14.4. The fourth-order valence-corrected chi connectivity index (χ4v) is 9.54. The lowest BCUT2D eigenvalue weighted by molar-refractivity contribution is -0.207. The molecule has 0 saturated heterocycles. The summed E-state index contributed by atoms with van der Waals surface area (Å²) in [7, 11) is 0. The summed E-state index contributed by atoms with van der Waals surface area (Å²) in [4.78, 5) is 19.6. The maximum atomic E-state index is 12.5. The number of fused-ring (bicyclic) bond motifs is 5. The molecule has 0 aliphatic heterocycles. The summed E-state index contributed by atoms with van der Waals surface area (Å²) < 4.78 is 0. The van der Waals surface area contributed by atoms with Crippen LogP contribution in [0.15, 0.2) is 12.5 Å². The molecule has 1 heterocycles. The molecular formula is C29H47N3O4. The third kappa shape index (κ3) is 4.43. The van der Waals surface area contributed by atoms with Crippen molar-refractivity contribution < 1.29 is 20.1 Å². The summed E-state index contributed by atoms with van der Waals surface area (Å²) in [5, 5.41) is 36.5. The second kappa shape index (κ2) is 10.0. The number of H-pyrrole nitrogens is 1. The van der Waals surface area contributed by atoms with Gasteiger partial charge in [-0.2, -0.15) is 0 Å². The first-order chi connectivity index (χ1) is 17.1. The number of nitrogens with one attached hydrogen (secondary N) is 2. The van der Waals surface area contributed by atoms with Crippen LogP contribution in [0, 0.1) is 46.3 Å². The molecule has 4 aliphatic rings. The minimum Gasteiger partial charge on any atom is -0.393 e. The van der Waals surface area contributed by atoms with E-state index in [1.54, 1.807) is 12.5 Å². The number of rotatable bonds is 7. The van der Waals surface area contributed by atoms with Crippen LogP contribution in [0.4, 0.5) is 0 Å². The monoisotopic (exact) mass is 501 g/mol. The maximum absolute atomic E-state index is 12.5. The molecule has 1 aromatic rings. The molecule has 7 heteroatoms. The molecule has 4 fully saturated rings. The molecule has 11 atom stereocenters. The summed E-state index contributed by atoms with van der Waals surface area (Å²) >= 11 is 0. The number of aliphatic hydroxyl groups excluding tert-OH is 3. The minimum absolute atomic E-state index is 0.0893. The standard InChI is InChI=1S/C29H47N3O4/c1-17(4-7-26(36)31-11-9-19-15-30-16-32-19)21-5-6-22-27-23(14-25(35)29(21,22)3)28(2)10-8-20(33)12-18(28)13-24(27)34/h15-18,20-25,27,33-35H,4-14H2,1-3H3,(H,30,32)(H,31,36)/t17-,18+,20-,21-,22+,23+,24-,25+,27+,28+,29-/m1/s1. The Morgan fingerprint density at radius 2 is 1.97 bits per heavy atom. The molecule has 1 aromatic heterocycles. The molecule has 0 aromatic carbocycles. The third-order valence-electron chi connectivity index (χ3n) is 11.6. The van der Waals surface area contributed by atoms with Crippen molar-refractivity contribution in [3.63, 3.8) is 0 Å². The van der Waals surface area contributed by atoms with Crippen LogP contribution in [-0.4, -0.2) is 56.1 Å². The highest BCUT2D eigenvalue weighted by molar-refractivity contribution is 5.75. The van der Waals surface area contributed by atoms with Gasteiger partial charge in [-0.25, -0.2) is 4.98 Å². The molecule has 4 saturated carbocycles. The van der Waals surface area contributed by atoms with Crippen LogP contribution >= 0.6 is 0 Å². The molecule has 0 radical (unpaired) electrons. The van der Waals surface area contributed by atoms with Gasteiger partial charge in [-0.3, -0.25) is 4.79 Å². The van der Waals surface area contributed by atoms with Gasteiger partial charge in [0.2, 0.25) is 5.91 Å². The summed E-state index contributed by atoms with van der Waals surface area (Å²) in [5.74, 6) is 2.02. The van der Waals surface area contributed by atoms with Gasteiger partial charge in [-0.15, -0.1) is 0 Å². The van der Waals surface area contributed by atoms with E-state index < -0.39 is 0 Å². The fraction of sp³-hybridized carbons (Fsp3) is 0.862. The number of aromatic amines is 1. The summed E-state index contributed by atoms with van der Waals surface area (Å²) in [5.41, 5.74) is 0.909. The number of carbonyl (C=O) groups excluding carboxylic acids is 1. The van der Waals surface area contributed by atoms with Crippen LogP contribution in [0.2, 0.25) is 0 Å². The number of aliphatic hydroxyl groups is 3. The summed E-state index contributed by atoms with van der Waals surface area (Å²) in [6.45, 7) is 7.52. The fourth-order valence-electron chi connectivity index (χ4n) is 9.54. The zero-order valence-corrected chi connectivity index (χ0v) is 22.3. The average molecular weight is 502 g/mol. The molecule has 0 spiro atoms. The molecule has 0 bridgehead atoms. The molecule has 5 rings (SSSR count).